The molecular formula is C17H26O11. The molecule has 6 N–H and O–H groups in total. The van der Waals surface area contributed by atoms with Gasteiger partial charge in [0.15, 0.2) is 6.29 Å². The van der Waals surface area contributed by atoms with E-state index in [1.807, 2.05) is 0 Å². The van der Waals surface area contributed by atoms with Crippen LogP contribution in [0.4, 0.5) is 0 Å². The fourth-order valence-corrected chi connectivity index (χ4v) is 4.16. The van der Waals surface area contributed by atoms with Gasteiger partial charge in [-0.3, -0.25) is 0 Å². The van der Waals surface area contributed by atoms with Crippen molar-refractivity contribution < 1.29 is 54.4 Å². The highest BCUT2D eigenvalue weighted by molar-refractivity contribution is 5.90. The van der Waals surface area contributed by atoms with Crippen molar-refractivity contribution >= 4 is 5.97 Å². The summed E-state index contributed by atoms with van der Waals surface area (Å²) < 4.78 is 21.0. The largest absolute Gasteiger partial charge is 0.471 e. The third kappa shape index (κ3) is 3.31. The number of hydrogen-bond acceptors (Lipinski definition) is 11. The maximum absolute atomic E-state index is 12.0. The quantitative estimate of drug-likeness (QED) is 0.262. The van der Waals surface area contributed by atoms with Crippen LogP contribution < -0.4 is 0 Å². The van der Waals surface area contributed by atoms with E-state index < -0.39 is 73.1 Å². The van der Waals surface area contributed by atoms with E-state index in [-0.39, 0.29) is 12.0 Å². The first-order chi connectivity index (χ1) is 13.2. The predicted octanol–water partition coefficient (Wildman–Crippen LogP) is -3.04. The maximum Gasteiger partial charge on any atom is 0.339 e. The summed E-state index contributed by atoms with van der Waals surface area (Å²) in [6, 6.07) is 0. The Hall–Kier alpha value is -1.31. The zero-order valence-corrected chi connectivity index (χ0v) is 15.4. The second-order valence-electron chi connectivity index (χ2n) is 7.44. The molecule has 0 bridgehead atoms. The molecule has 1 aliphatic carbocycles. The van der Waals surface area contributed by atoms with Gasteiger partial charge in [-0.05, 0) is 5.92 Å². The molecule has 2 fully saturated rings. The number of hydrogen-bond donors (Lipinski definition) is 6. The van der Waals surface area contributed by atoms with E-state index in [2.05, 4.69) is 4.74 Å². The molecule has 11 nitrogen and oxygen atoms in total. The van der Waals surface area contributed by atoms with Crippen LogP contribution in [0.15, 0.2) is 11.8 Å². The molecule has 2 heterocycles. The summed E-state index contributed by atoms with van der Waals surface area (Å²) in [4.78, 5) is 12.0. The number of ether oxygens (including phenoxy) is 4. The molecule has 0 aromatic rings. The van der Waals surface area contributed by atoms with Gasteiger partial charge in [0.25, 0.3) is 0 Å². The fraction of sp³-hybridized carbons (Fsp3) is 0.824. The van der Waals surface area contributed by atoms with Crippen LogP contribution in [0.1, 0.15) is 13.3 Å². The number of carbonyl (C=O) groups excluding carboxylic acids is 1. The molecule has 3 rings (SSSR count). The number of aliphatic hydroxyl groups excluding tert-OH is 5. The lowest BCUT2D eigenvalue weighted by molar-refractivity contribution is -0.347. The summed E-state index contributed by atoms with van der Waals surface area (Å²) in [6.45, 7) is 1.01. The molecule has 1 saturated heterocycles. The first-order valence-electron chi connectivity index (χ1n) is 8.96. The Morgan fingerprint density at radius 2 is 1.89 bits per heavy atom. The van der Waals surface area contributed by atoms with E-state index in [9.17, 15) is 35.4 Å². The van der Waals surface area contributed by atoms with Crippen molar-refractivity contribution in [3.05, 3.63) is 11.8 Å². The molecule has 0 aromatic heterocycles. The van der Waals surface area contributed by atoms with Gasteiger partial charge >= 0.3 is 5.97 Å². The van der Waals surface area contributed by atoms with Gasteiger partial charge in [-0.15, -0.1) is 0 Å². The van der Waals surface area contributed by atoms with Gasteiger partial charge in [0.05, 0.1) is 32.0 Å². The summed E-state index contributed by atoms with van der Waals surface area (Å²) >= 11 is 0. The molecule has 160 valence electrons. The Morgan fingerprint density at radius 1 is 1.21 bits per heavy atom. The molecule has 28 heavy (non-hydrogen) atoms. The molecule has 0 amide bonds. The molecule has 1 saturated carbocycles. The second-order valence-corrected chi connectivity index (χ2v) is 7.44. The van der Waals surface area contributed by atoms with Crippen molar-refractivity contribution in [2.75, 3.05) is 13.7 Å². The standard InChI is InChI=1S/C17H26O11/c1-6-8(19)3-17(24)7(14(23)25-2)5-26-15(10(6)17)28-16-13(22)12(21)11(20)9(4-18)27-16/h5-6,8-13,15-16,18-22,24H,3-4H2,1-2H3/t6-,8+,9-,10+,11-,12+,13-,15+,16+,17+/m1/s1. The van der Waals surface area contributed by atoms with Gasteiger partial charge in [-0.2, -0.15) is 0 Å². The Kier molecular flexibility index (Phi) is 5.99. The third-order valence-electron chi connectivity index (χ3n) is 5.85. The van der Waals surface area contributed by atoms with Crippen LogP contribution in [0, 0.1) is 11.8 Å². The molecular weight excluding hydrogens is 380 g/mol. The van der Waals surface area contributed by atoms with E-state index in [0.29, 0.717) is 0 Å². The molecule has 2 aliphatic heterocycles. The van der Waals surface area contributed by atoms with Crippen LogP contribution in [0.2, 0.25) is 0 Å². The average Bonchev–Trinajstić information content (AvgIpc) is 2.91. The number of aliphatic hydroxyl groups is 6. The SMILES string of the molecule is COC(=O)C1=CO[C@@H](O[C@@H]2O[C@H](CO)[C@@H](O)[C@H](O)[C@H]2O)[C@@H]2[C@H](C)[C@@H](O)C[C@]12O. The molecule has 0 radical (unpaired) electrons. The van der Waals surface area contributed by atoms with Crippen molar-refractivity contribution in [1.82, 2.24) is 0 Å². The fourth-order valence-electron chi connectivity index (χ4n) is 4.16. The van der Waals surface area contributed by atoms with E-state index >= 15 is 0 Å². The van der Waals surface area contributed by atoms with Crippen LogP contribution in [0.3, 0.4) is 0 Å². The summed E-state index contributed by atoms with van der Waals surface area (Å²) in [6.07, 6.45) is -8.95. The zero-order valence-electron chi connectivity index (χ0n) is 15.4. The van der Waals surface area contributed by atoms with Crippen molar-refractivity contribution in [3.8, 4) is 0 Å². The first kappa shape index (κ1) is 21.4. The lowest BCUT2D eigenvalue weighted by atomic mass is 9.79. The molecule has 10 atom stereocenters. The zero-order chi connectivity index (χ0) is 20.8. The van der Waals surface area contributed by atoms with Crippen LogP contribution in [0.25, 0.3) is 0 Å². The number of carbonyl (C=O) groups is 1. The van der Waals surface area contributed by atoms with Gasteiger partial charge < -0.3 is 49.6 Å². The van der Waals surface area contributed by atoms with Gasteiger partial charge in [0, 0.05) is 6.42 Å². The molecule has 0 unspecified atom stereocenters. The topological polar surface area (TPSA) is 175 Å². The van der Waals surface area contributed by atoms with Gasteiger partial charge in [0.2, 0.25) is 6.29 Å². The highest BCUT2D eigenvalue weighted by Gasteiger charge is 2.61. The maximum atomic E-state index is 12.0. The Morgan fingerprint density at radius 3 is 2.50 bits per heavy atom. The highest BCUT2D eigenvalue weighted by Crippen LogP contribution is 2.50. The summed E-state index contributed by atoms with van der Waals surface area (Å²) in [5.74, 6) is -2.30. The minimum absolute atomic E-state index is 0.155. The number of esters is 1. The van der Waals surface area contributed by atoms with E-state index in [4.69, 9.17) is 14.2 Å². The Bertz CT molecular complexity index is 622. The van der Waals surface area contributed by atoms with Crippen molar-refractivity contribution in [2.45, 2.75) is 62.0 Å². The van der Waals surface area contributed by atoms with Crippen LogP contribution in [0.5, 0.6) is 0 Å². The first-order valence-corrected chi connectivity index (χ1v) is 8.96. The smallest absolute Gasteiger partial charge is 0.339 e. The minimum Gasteiger partial charge on any atom is -0.471 e. The highest BCUT2D eigenvalue weighted by atomic mass is 16.8. The summed E-state index contributed by atoms with van der Waals surface area (Å²) in [5.41, 5.74) is -1.97. The van der Waals surface area contributed by atoms with E-state index in [0.717, 1.165) is 13.4 Å². The van der Waals surface area contributed by atoms with E-state index in [1.54, 1.807) is 6.92 Å². The average molecular weight is 406 g/mol. The van der Waals surface area contributed by atoms with Crippen LogP contribution in [-0.2, 0) is 23.7 Å². The van der Waals surface area contributed by atoms with Gasteiger partial charge in [0.1, 0.15) is 35.6 Å². The number of fused-ring (bicyclic) bond motifs is 1. The lowest BCUT2D eigenvalue weighted by Crippen LogP contribution is -2.61. The van der Waals surface area contributed by atoms with Crippen molar-refractivity contribution in [3.63, 3.8) is 0 Å². The second kappa shape index (κ2) is 7.84. The van der Waals surface area contributed by atoms with Crippen LogP contribution in [-0.4, -0.2) is 99.0 Å². The summed E-state index contributed by atoms with van der Waals surface area (Å²) in [5, 5.41) is 60.6. The third-order valence-corrected chi connectivity index (χ3v) is 5.85. The summed E-state index contributed by atoms with van der Waals surface area (Å²) in [7, 11) is 1.15. The number of methoxy groups -OCH3 is 1. The Labute approximate surface area is 160 Å². The Balaban J connectivity index is 1.86. The van der Waals surface area contributed by atoms with Crippen molar-refractivity contribution in [2.24, 2.45) is 11.8 Å². The molecule has 3 aliphatic rings. The lowest BCUT2D eigenvalue weighted by Gasteiger charge is -2.44. The monoisotopic (exact) mass is 406 g/mol. The number of rotatable bonds is 4. The normalized spacial score (nSPS) is 48.4. The van der Waals surface area contributed by atoms with Gasteiger partial charge in [-0.1, -0.05) is 6.92 Å². The molecule has 11 heteroatoms. The van der Waals surface area contributed by atoms with Gasteiger partial charge in [-0.25, -0.2) is 4.79 Å². The minimum atomic E-state index is -1.80. The molecule has 0 spiro atoms. The van der Waals surface area contributed by atoms with Crippen molar-refractivity contribution in [1.29, 1.82) is 0 Å². The van der Waals surface area contributed by atoms with E-state index in [1.165, 1.54) is 0 Å². The molecule has 0 aromatic carbocycles. The predicted molar refractivity (Wildman–Crippen MR) is 88.1 cm³/mol. The van der Waals surface area contributed by atoms with Crippen LogP contribution >= 0.6 is 0 Å².